The Kier molecular flexibility index (Phi) is 5.34. The van der Waals surface area contributed by atoms with E-state index in [2.05, 4.69) is 4.74 Å². The average molecular weight is 386 g/mol. The second-order valence-corrected chi connectivity index (χ2v) is 8.02. The number of hydrogen-bond donors (Lipinski definition) is 0. The molecule has 134 valence electrons. The summed E-state index contributed by atoms with van der Waals surface area (Å²) in [6.07, 6.45) is -4.22. The Morgan fingerprint density at radius 3 is 2.58 bits per heavy atom. The highest BCUT2D eigenvalue weighted by Gasteiger charge is 2.36. The smallest absolute Gasteiger partial charge is 0.422 e. The van der Waals surface area contributed by atoms with Crippen LogP contribution in [0.25, 0.3) is 0 Å². The molecule has 24 heavy (non-hydrogen) atoms. The Morgan fingerprint density at radius 2 is 2.08 bits per heavy atom. The zero-order valence-corrected chi connectivity index (χ0v) is 14.2. The van der Waals surface area contributed by atoms with Crippen LogP contribution >= 0.6 is 11.6 Å². The van der Waals surface area contributed by atoms with Crippen molar-refractivity contribution in [3.63, 3.8) is 0 Å². The molecule has 0 radical (unpaired) electrons. The maximum atomic E-state index is 12.6. The van der Waals surface area contributed by atoms with Crippen molar-refractivity contribution in [1.29, 1.82) is 0 Å². The van der Waals surface area contributed by atoms with Gasteiger partial charge in [-0.25, -0.2) is 8.42 Å². The number of hydrogen-bond acceptors (Lipinski definition) is 4. The van der Waals surface area contributed by atoms with Gasteiger partial charge in [-0.3, -0.25) is 4.79 Å². The number of likely N-dealkylation sites (tertiary alicyclic amines) is 1. The normalized spacial score (nSPS) is 18.7. The Morgan fingerprint density at radius 1 is 1.42 bits per heavy atom. The summed E-state index contributed by atoms with van der Waals surface area (Å²) in [4.78, 5) is 12.6. The van der Waals surface area contributed by atoms with Gasteiger partial charge in [-0.2, -0.15) is 13.2 Å². The van der Waals surface area contributed by atoms with E-state index in [1.54, 1.807) is 0 Å². The lowest BCUT2D eigenvalue weighted by Crippen LogP contribution is -2.30. The molecule has 1 unspecified atom stereocenters. The van der Waals surface area contributed by atoms with Crippen molar-refractivity contribution in [2.45, 2.75) is 29.7 Å². The van der Waals surface area contributed by atoms with Gasteiger partial charge in [0.2, 0.25) is 5.91 Å². The van der Waals surface area contributed by atoms with E-state index in [0.29, 0.717) is 6.54 Å². The lowest BCUT2D eigenvalue weighted by Gasteiger charge is -2.16. The highest BCUT2D eigenvalue weighted by Crippen LogP contribution is 2.32. The molecule has 2 rings (SSSR count). The minimum atomic E-state index is -4.50. The van der Waals surface area contributed by atoms with Crippen LogP contribution in [0.5, 0.6) is 5.75 Å². The number of ether oxygens (including phenoxy) is 1. The number of amides is 1. The standard InChI is InChI=1S/C14H15ClF3NO4S/c1-9(20)19-5-4-11(7-19)24(21,22)13-3-2-10(6-12(13)15)23-8-14(16,17)18/h2-3,6,11H,4-5,7-8H2,1H3. The molecule has 1 atom stereocenters. The topological polar surface area (TPSA) is 63.7 Å². The minimum Gasteiger partial charge on any atom is -0.484 e. The number of halogens is 4. The van der Waals surface area contributed by atoms with Crippen molar-refractivity contribution in [1.82, 2.24) is 4.90 Å². The molecule has 1 aromatic rings. The van der Waals surface area contributed by atoms with Crippen LogP contribution < -0.4 is 4.74 Å². The molecule has 1 amide bonds. The van der Waals surface area contributed by atoms with Crippen molar-refractivity contribution in [3.8, 4) is 5.75 Å². The Balaban J connectivity index is 2.18. The molecule has 1 aliphatic rings. The van der Waals surface area contributed by atoms with Crippen LogP contribution in [0.2, 0.25) is 5.02 Å². The third kappa shape index (κ3) is 4.32. The first-order chi connectivity index (χ1) is 11.0. The first kappa shape index (κ1) is 18.9. The molecular weight excluding hydrogens is 371 g/mol. The highest BCUT2D eigenvalue weighted by molar-refractivity contribution is 7.92. The number of carbonyl (C=O) groups is 1. The molecule has 5 nitrogen and oxygen atoms in total. The first-order valence-electron chi connectivity index (χ1n) is 6.99. The van der Waals surface area contributed by atoms with Crippen molar-refractivity contribution in [2.75, 3.05) is 19.7 Å². The summed E-state index contributed by atoms with van der Waals surface area (Å²) in [5.74, 6) is -0.386. The molecule has 1 aliphatic heterocycles. The van der Waals surface area contributed by atoms with Gasteiger partial charge >= 0.3 is 6.18 Å². The molecule has 0 saturated carbocycles. The van der Waals surface area contributed by atoms with Crippen LogP contribution in [0.15, 0.2) is 23.1 Å². The summed E-state index contributed by atoms with van der Waals surface area (Å²) >= 11 is 5.92. The van der Waals surface area contributed by atoms with E-state index in [4.69, 9.17) is 11.6 Å². The largest absolute Gasteiger partial charge is 0.484 e. The van der Waals surface area contributed by atoms with E-state index in [0.717, 1.165) is 18.2 Å². The monoisotopic (exact) mass is 385 g/mol. The number of rotatable bonds is 4. The van der Waals surface area contributed by atoms with Crippen molar-refractivity contribution < 1.29 is 31.1 Å². The summed E-state index contributed by atoms with van der Waals surface area (Å²) in [5.41, 5.74) is 0. The SMILES string of the molecule is CC(=O)N1CCC(S(=O)(=O)c2ccc(OCC(F)(F)F)cc2Cl)C1. The fourth-order valence-corrected chi connectivity index (χ4v) is 4.65. The third-order valence-corrected chi connectivity index (χ3v) is 6.30. The molecule has 0 N–H and O–H groups in total. The number of nitrogens with zero attached hydrogens (tertiary/aromatic N) is 1. The summed E-state index contributed by atoms with van der Waals surface area (Å²) < 4.78 is 66.1. The molecule has 1 aromatic carbocycles. The van der Waals surface area contributed by atoms with Gasteiger partial charge < -0.3 is 9.64 Å². The van der Waals surface area contributed by atoms with Crippen LogP contribution in [0.1, 0.15) is 13.3 Å². The summed E-state index contributed by atoms with van der Waals surface area (Å²) in [6, 6.07) is 3.29. The summed E-state index contributed by atoms with van der Waals surface area (Å²) in [6.45, 7) is 0.268. The maximum absolute atomic E-state index is 12.6. The van der Waals surface area contributed by atoms with Gasteiger partial charge in [0.05, 0.1) is 15.2 Å². The van der Waals surface area contributed by atoms with Gasteiger partial charge in [0.25, 0.3) is 0 Å². The van der Waals surface area contributed by atoms with Gasteiger partial charge in [-0.1, -0.05) is 11.6 Å². The van der Waals surface area contributed by atoms with Crippen LogP contribution in [0.3, 0.4) is 0 Å². The molecule has 0 aromatic heterocycles. The third-order valence-electron chi connectivity index (χ3n) is 3.64. The Hall–Kier alpha value is -1.48. The van der Waals surface area contributed by atoms with Gasteiger partial charge in [0, 0.05) is 26.1 Å². The van der Waals surface area contributed by atoms with E-state index in [9.17, 15) is 26.4 Å². The van der Waals surface area contributed by atoms with E-state index in [1.807, 2.05) is 0 Å². The quantitative estimate of drug-likeness (QED) is 0.799. The fourth-order valence-electron chi connectivity index (χ4n) is 2.41. The first-order valence-corrected chi connectivity index (χ1v) is 8.91. The number of alkyl halides is 3. The fraction of sp³-hybridized carbons (Fsp3) is 0.500. The Bertz CT molecular complexity index is 736. The number of benzene rings is 1. The van der Waals surface area contributed by atoms with Crippen molar-refractivity contribution in [2.24, 2.45) is 0 Å². The van der Waals surface area contributed by atoms with Crippen LogP contribution in [0, 0.1) is 0 Å². The van der Waals surface area contributed by atoms with E-state index in [1.165, 1.54) is 11.8 Å². The van der Waals surface area contributed by atoms with Gasteiger partial charge in [0.1, 0.15) is 5.75 Å². The van der Waals surface area contributed by atoms with E-state index >= 15 is 0 Å². The lowest BCUT2D eigenvalue weighted by molar-refractivity contribution is -0.153. The molecule has 0 spiro atoms. The van der Waals surface area contributed by atoms with E-state index < -0.39 is 27.9 Å². The average Bonchev–Trinajstić information content (AvgIpc) is 2.95. The molecule has 1 fully saturated rings. The second-order valence-electron chi connectivity index (χ2n) is 5.42. The molecule has 1 heterocycles. The predicted octanol–water partition coefficient (Wildman–Crippen LogP) is 2.68. The van der Waals surface area contributed by atoms with Crippen LogP contribution in [-0.4, -0.2) is 50.3 Å². The van der Waals surface area contributed by atoms with Crippen molar-refractivity contribution >= 4 is 27.3 Å². The zero-order chi connectivity index (χ0) is 18.1. The molecular formula is C14H15ClF3NO4S. The summed E-state index contributed by atoms with van der Waals surface area (Å²) in [7, 11) is -3.80. The molecule has 0 bridgehead atoms. The minimum absolute atomic E-state index is 0.0698. The second kappa shape index (κ2) is 6.79. The molecule has 0 aliphatic carbocycles. The van der Waals surface area contributed by atoms with Crippen LogP contribution in [-0.2, 0) is 14.6 Å². The predicted molar refractivity (Wildman–Crippen MR) is 80.8 cm³/mol. The van der Waals surface area contributed by atoms with Gasteiger partial charge in [0.15, 0.2) is 16.4 Å². The van der Waals surface area contributed by atoms with Crippen molar-refractivity contribution in [3.05, 3.63) is 23.2 Å². The maximum Gasteiger partial charge on any atom is 0.422 e. The molecule has 1 saturated heterocycles. The zero-order valence-electron chi connectivity index (χ0n) is 12.6. The summed E-state index contributed by atoms with van der Waals surface area (Å²) in [5, 5.41) is -1.00. The van der Waals surface area contributed by atoms with Crippen LogP contribution in [0.4, 0.5) is 13.2 Å². The van der Waals surface area contributed by atoms with E-state index in [-0.39, 0.29) is 34.5 Å². The Labute approximate surface area is 142 Å². The number of carbonyl (C=O) groups excluding carboxylic acids is 1. The molecule has 10 heteroatoms. The number of sulfone groups is 1. The highest BCUT2D eigenvalue weighted by atomic mass is 35.5. The lowest BCUT2D eigenvalue weighted by atomic mass is 10.3. The van der Waals surface area contributed by atoms with Gasteiger partial charge in [-0.05, 0) is 18.6 Å². The van der Waals surface area contributed by atoms with Gasteiger partial charge in [-0.15, -0.1) is 0 Å².